The van der Waals surface area contributed by atoms with Crippen molar-refractivity contribution in [1.29, 1.82) is 0 Å². The van der Waals surface area contributed by atoms with Crippen LogP contribution in [0.25, 0.3) is 11.1 Å². The molecule has 31 heavy (non-hydrogen) atoms. The van der Waals surface area contributed by atoms with Gasteiger partial charge in [-0.2, -0.15) is 0 Å². The molecule has 160 valence electrons. The molecule has 3 aromatic carbocycles. The summed E-state index contributed by atoms with van der Waals surface area (Å²) < 4.78 is 11.6. The fourth-order valence-electron chi connectivity index (χ4n) is 4.36. The fourth-order valence-corrected chi connectivity index (χ4v) is 4.36. The molecule has 0 spiro atoms. The third kappa shape index (κ3) is 4.22. The summed E-state index contributed by atoms with van der Waals surface area (Å²) in [6.07, 6.45) is 0.0854. The van der Waals surface area contributed by atoms with Gasteiger partial charge in [-0.05, 0) is 36.6 Å². The Morgan fingerprint density at radius 1 is 1.13 bits per heavy atom. The molecule has 0 aliphatic carbocycles. The molecular weight excluding hydrogens is 390 g/mol. The summed E-state index contributed by atoms with van der Waals surface area (Å²) in [4.78, 5) is 11.0. The number of aryl methyl sites for hydroxylation is 2. The largest absolute Gasteiger partial charge is 0.496 e. The molecule has 1 aliphatic rings. The maximum Gasteiger partial charge on any atom is 0.304 e. The Bertz CT molecular complexity index is 1100. The smallest absolute Gasteiger partial charge is 0.304 e. The molecule has 0 saturated heterocycles. The SMILES string of the molecule is COc1c(CNc2ccc3c(c2)OC[C@H]3CC(=O)O)cccc1-c1c(C)cccc1C. The molecule has 0 unspecified atom stereocenters. The lowest BCUT2D eigenvalue weighted by Crippen LogP contribution is -2.07. The molecule has 0 fully saturated rings. The van der Waals surface area contributed by atoms with Crippen molar-refractivity contribution in [2.24, 2.45) is 0 Å². The van der Waals surface area contributed by atoms with Gasteiger partial charge in [0.15, 0.2) is 0 Å². The van der Waals surface area contributed by atoms with Crippen LogP contribution in [0.4, 0.5) is 5.69 Å². The Balaban J connectivity index is 1.57. The van der Waals surface area contributed by atoms with Gasteiger partial charge in [0, 0.05) is 40.9 Å². The Morgan fingerprint density at radius 2 is 1.87 bits per heavy atom. The zero-order valence-corrected chi connectivity index (χ0v) is 18.1. The second kappa shape index (κ2) is 8.72. The molecule has 2 N–H and O–H groups in total. The fraction of sp³-hybridized carbons (Fsp3) is 0.269. The zero-order chi connectivity index (χ0) is 22.0. The van der Waals surface area contributed by atoms with E-state index in [0.29, 0.717) is 13.2 Å². The monoisotopic (exact) mass is 417 g/mol. The summed E-state index contributed by atoms with van der Waals surface area (Å²) in [6.45, 7) is 5.25. The Morgan fingerprint density at radius 3 is 2.58 bits per heavy atom. The van der Waals surface area contributed by atoms with Crippen LogP contribution in [0.15, 0.2) is 54.6 Å². The van der Waals surface area contributed by atoms with E-state index in [1.807, 2.05) is 18.2 Å². The lowest BCUT2D eigenvalue weighted by molar-refractivity contribution is -0.137. The third-order valence-corrected chi connectivity index (χ3v) is 5.85. The minimum Gasteiger partial charge on any atom is -0.496 e. The minimum atomic E-state index is -0.806. The number of hydrogen-bond donors (Lipinski definition) is 2. The number of rotatable bonds is 7. The quantitative estimate of drug-likeness (QED) is 0.528. The van der Waals surface area contributed by atoms with E-state index in [2.05, 4.69) is 55.6 Å². The van der Waals surface area contributed by atoms with Crippen LogP contribution in [0.5, 0.6) is 11.5 Å². The maximum atomic E-state index is 11.0. The first-order chi connectivity index (χ1) is 15.0. The van der Waals surface area contributed by atoms with Crippen molar-refractivity contribution in [2.75, 3.05) is 19.0 Å². The van der Waals surface area contributed by atoms with Gasteiger partial charge in [0.05, 0.1) is 20.1 Å². The second-order valence-electron chi connectivity index (χ2n) is 7.98. The Kier molecular flexibility index (Phi) is 5.85. The van der Waals surface area contributed by atoms with Crippen LogP contribution in [0.3, 0.4) is 0 Å². The van der Waals surface area contributed by atoms with Gasteiger partial charge in [0.25, 0.3) is 0 Å². The van der Waals surface area contributed by atoms with Gasteiger partial charge < -0.3 is 19.9 Å². The van der Waals surface area contributed by atoms with Crippen LogP contribution in [0.2, 0.25) is 0 Å². The summed E-state index contributed by atoms with van der Waals surface area (Å²) in [7, 11) is 1.71. The number of anilines is 1. The molecule has 0 bridgehead atoms. The number of hydrogen-bond acceptors (Lipinski definition) is 4. The predicted molar refractivity (Wildman–Crippen MR) is 122 cm³/mol. The van der Waals surface area contributed by atoms with Crippen molar-refractivity contribution in [3.8, 4) is 22.6 Å². The zero-order valence-electron chi connectivity index (χ0n) is 18.1. The number of nitrogens with one attached hydrogen (secondary N) is 1. The number of para-hydroxylation sites is 1. The van der Waals surface area contributed by atoms with E-state index < -0.39 is 5.97 Å². The molecule has 0 amide bonds. The average Bonchev–Trinajstić information content (AvgIpc) is 3.13. The highest BCUT2D eigenvalue weighted by molar-refractivity contribution is 5.77. The molecular formula is C26H27NO4. The van der Waals surface area contributed by atoms with Crippen LogP contribution in [0, 0.1) is 13.8 Å². The van der Waals surface area contributed by atoms with Crippen molar-refractivity contribution < 1.29 is 19.4 Å². The van der Waals surface area contributed by atoms with Crippen molar-refractivity contribution in [3.05, 3.63) is 76.9 Å². The molecule has 1 aliphatic heterocycles. The molecule has 4 rings (SSSR count). The van der Waals surface area contributed by atoms with E-state index >= 15 is 0 Å². The summed E-state index contributed by atoms with van der Waals surface area (Å²) in [5.41, 5.74) is 7.68. The number of carboxylic acid groups (broad SMARTS) is 1. The summed E-state index contributed by atoms with van der Waals surface area (Å²) in [5, 5.41) is 12.5. The van der Waals surface area contributed by atoms with Gasteiger partial charge in [-0.25, -0.2) is 0 Å². The Labute approximate surface area is 182 Å². The molecule has 1 heterocycles. The van der Waals surface area contributed by atoms with Gasteiger partial charge in [0.1, 0.15) is 11.5 Å². The van der Waals surface area contributed by atoms with Crippen LogP contribution in [-0.2, 0) is 11.3 Å². The standard InChI is InChI=1S/C26H27NO4/c1-16-6-4-7-17(2)25(16)22-9-5-8-18(26(22)30-3)14-27-20-10-11-21-19(12-24(28)29)15-31-23(21)13-20/h4-11,13,19,27H,12,14-15H2,1-3H3,(H,28,29)/t19-/m1/s1. The van der Waals surface area contributed by atoms with Gasteiger partial charge >= 0.3 is 5.97 Å². The number of ether oxygens (including phenoxy) is 2. The highest BCUT2D eigenvalue weighted by Crippen LogP contribution is 2.39. The molecule has 5 nitrogen and oxygen atoms in total. The lowest BCUT2D eigenvalue weighted by Gasteiger charge is -2.18. The van der Waals surface area contributed by atoms with Crippen LogP contribution >= 0.6 is 0 Å². The number of aliphatic carboxylic acids is 1. The molecule has 0 aromatic heterocycles. The van der Waals surface area contributed by atoms with E-state index in [-0.39, 0.29) is 12.3 Å². The highest BCUT2D eigenvalue weighted by atomic mass is 16.5. The van der Waals surface area contributed by atoms with Gasteiger partial charge in [-0.3, -0.25) is 4.79 Å². The summed E-state index contributed by atoms with van der Waals surface area (Å²) in [6, 6.07) is 18.4. The van der Waals surface area contributed by atoms with E-state index in [1.165, 1.54) is 16.7 Å². The number of fused-ring (bicyclic) bond motifs is 1. The number of carboxylic acids is 1. The topological polar surface area (TPSA) is 67.8 Å². The lowest BCUT2D eigenvalue weighted by atomic mass is 9.93. The minimum absolute atomic E-state index is 0.0854. The molecule has 3 aromatic rings. The van der Waals surface area contributed by atoms with Gasteiger partial charge in [-0.1, -0.05) is 42.5 Å². The van der Waals surface area contributed by atoms with Gasteiger partial charge in [-0.15, -0.1) is 0 Å². The number of benzene rings is 3. The third-order valence-electron chi connectivity index (χ3n) is 5.85. The summed E-state index contributed by atoms with van der Waals surface area (Å²) in [5.74, 6) is 0.731. The van der Waals surface area contributed by atoms with E-state index in [1.54, 1.807) is 7.11 Å². The van der Waals surface area contributed by atoms with Crippen molar-refractivity contribution in [1.82, 2.24) is 0 Å². The predicted octanol–water partition coefficient (Wildman–Crippen LogP) is 5.54. The molecule has 0 saturated carbocycles. The van der Waals surface area contributed by atoms with Crippen LogP contribution in [-0.4, -0.2) is 24.8 Å². The number of methoxy groups -OCH3 is 1. The first-order valence-electron chi connectivity index (χ1n) is 10.4. The average molecular weight is 418 g/mol. The van der Waals surface area contributed by atoms with E-state index in [4.69, 9.17) is 14.6 Å². The molecule has 0 radical (unpaired) electrons. The Hall–Kier alpha value is -3.47. The first kappa shape index (κ1) is 20.8. The summed E-state index contributed by atoms with van der Waals surface area (Å²) >= 11 is 0. The van der Waals surface area contributed by atoms with E-state index in [9.17, 15) is 4.79 Å². The normalized spacial score (nSPS) is 14.6. The molecule has 5 heteroatoms. The van der Waals surface area contributed by atoms with Crippen molar-refractivity contribution in [3.63, 3.8) is 0 Å². The van der Waals surface area contributed by atoms with E-state index in [0.717, 1.165) is 33.9 Å². The highest BCUT2D eigenvalue weighted by Gasteiger charge is 2.26. The number of carbonyl (C=O) groups is 1. The van der Waals surface area contributed by atoms with Crippen LogP contribution < -0.4 is 14.8 Å². The van der Waals surface area contributed by atoms with Crippen molar-refractivity contribution in [2.45, 2.75) is 32.7 Å². The first-order valence-corrected chi connectivity index (χ1v) is 10.4. The van der Waals surface area contributed by atoms with Crippen LogP contribution in [0.1, 0.15) is 34.6 Å². The van der Waals surface area contributed by atoms with Crippen molar-refractivity contribution >= 4 is 11.7 Å². The molecule has 1 atom stereocenters. The second-order valence-corrected chi connectivity index (χ2v) is 7.98. The van der Waals surface area contributed by atoms with Gasteiger partial charge in [0.2, 0.25) is 0 Å². The maximum absolute atomic E-state index is 11.0.